The number of anilines is 1. The number of rotatable bonds is 5. The Bertz CT molecular complexity index is 1060. The van der Waals surface area contributed by atoms with E-state index in [2.05, 4.69) is 39.5 Å². The summed E-state index contributed by atoms with van der Waals surface area (Å²) in [5.74, 6) is -0.183. The Labute approximate surface area is 189 Å². The van der Waals surface area contributed by atoms with E-state index in [0.717, 1.165) is 38.2 Å². The molecule has 1 aromatic carbocycles. The molecule has 0 saturated carbocycles. The average molecular weight is 453 g/mol. The number of nitrogens with one attached hydrogen (secondary N) is 1. The van der Waals surface area contributed by atoms with Crippen LogP contribution in [0.3, 0.4) is 0 Å². The van der Waals surface area contributed by atoms with E-state index in [1.54, 1.807) is 16.2 Å². The molecule has 31 heavy (non-hydrogen) atoms. The number of hydrogen-bond donors (Lipinski definition) is 1. The number of thiophene rings is 1. The number of aromatic nitrogens is 1. The largest absolute Gasteiger partial charge is 0.326 e. The summed E-state index contributed by atoms with van der Waals surface area (Å²) in [6.07, 6.45) is 2.43. The number of carbonyl (C=O) groups is 2. The highest BCUT2D eigenvalue weighted by atomic mass is 32.1. The minimum absolute atomic E-state index is 0.0531. The minimum atomic E-state index is -0.426. The highest BCUT2D eigenvalue weighted by Crippen LogP contribution is 2.30. The highest BCUT2D eigenvalue weighted by Gasteiger charge is 2.35. The number of amides is 2. The monoisotopic (exact) mass is 452 g/mol. The molecule has 8 heteroatoms. The summed E-state index contributed by atoms with van der Waals surface area (Å²) in [4.78, 5) is 36.4. The Hall–Kier alpha value is -2.55. The number of thiazole rings is 1. The summed E-state index contributed by atoms with van der Waals surface area (Å²) in [7, 11) is 0. The van der Waals surface area contributed by atoms with Gasteiger partial charge in [0.1, 0.15) is 6.04 Å². The first kappa shape index (κ1) is 20.4. The van der Waals surface area contributed by atoms with Crippen LogP contribution < -0.4 is 5.32 Å². The number of fused-ring (bicyclic) bond motifs is 1. The Balaban J connectivity index is 1.23. The Morgan fingerprint density at radius 2 is 2.00 bits per heavy atom. The average Bonchev–Trinajstić information content (AvgIpc) is 3.53. The third kappa shape index (κ3) is 4.42. The summed E-state index contributed by atoms with van der Waals surface area (Å²) in [5.41, 5.74) is 2.39. The smallest absolute Gasteiger partial charge is 0.264 e. The molecule has 1 saturated heterocycles. The maximum absolute atomic E-state index is 13.0. The lowest BCUT2D eigenvalue weighted by Crippen LogP contribution is -2.42. The zero-order valence-corrected chi connectivity index (χ0v) is 18.8. The van der Waals surface area contributed by atoms with Crippen molar-refractivity contribution in [3.8, 4) is 0 Å². The molecule has 0 radical (unpaired) electrons. The molecule has 0 bridgehead atoms. The lowest BCUT2D eigenvalue weighted by molar-refractivity contribution is -0.119. The predicted octanol–water partition coefficient (Wildman–Crippen LogP) is 4.01. The molecule has 2 amide bonds. The molecular weight excluding hydrogens is 428 g/mol. The molecule has 1 fully saturated rings. The summed E-state index contributed by atoms with van der Waals surface area (Å²) < 4.78 is 0. The minimum Gasteiger partial charge on any atom is -0.326 e. The number of likely N-dealkylation sites (tertiary alicyclic amines) is 1. The van der Waals surface area contributed by atoms with E-state index in [1.807, 2.05) is 23.6 Å². The number of hydrogen-bond acceptors (Lipinski definition) is 6. The second kappa shape index (κ2) is 8.90. The van der Waals surface area contributed by atoms with Gasteiger partial charge in [-0.25, -0.2) is 4.98 Å². The van der Waals surface area contributed by atoms with E-state index in [9.17, 15) is 9.59 Å². The van der Waals surface area contributed by atoms with Crippen LogP contribution in [-0.2, 0) is 24.3 Å². The van der Waals surface area contributed by atoms with Gasteiger partial charge in [-0.05, 0) is 29.9 Å². The van der Waals surface area contributed by atoms with Crippen molar-refractivity contribution in [2.75, 3.05) is 18.4 Å². The van der Waals surface area contributed by atoms with Crippen molar-refractivity contribution >= 4 is 39.6 Å². The van der Waals surface area contributed by atoms with Crippen molar-refractivity contribution in [2.45, 2.75) is 38.4 Å². The van der Waals surface area contributed by atoms with Gasteiger partial charge in [0.25, 0.3) is 5.91 Å². The van der Waals surface area contributed by atoms with Crippen molar-refractivity contribution in [3.63, 3.8) is 0 Å². The Kier molecular flexibility index (Phi) is 5.85. The van der Waals surface area contributed by atoms with Crippen molar-refractivity contribution in [3.05, 3.63) is 68.9 Å². The van der Waals surface area contributed by atoms with Crippen molar-refractivity contribution < 1.29 is 9.59 Å². The molecule has 1 atom stereocenters. The van der Waals surface area contributed by atoms with Gasteiger partial charge >= 0.3 is 0 Å². The van der Waals surface area contributed by atoms with E-state index >= 15 is 0 Å². The molecule has 1 N–H and O–H groups in total. The third-order valence-electron chi connectivity index (χ3n) is 5.84. The summed E-state index contributed by atoms with van der Waals surface area (Å²) >= 11 is 2.97. The van der Waals surface area contributed by atoms with Crippen LogP contribution in [0.5, 0.6) is 0 Å². The topological polar surface area (TPSA) is 65.5 Å². The first-order valence-electron chi connectivity index (χ1n) is 10.6. The number of nitrogens with zero attached hydrogens (tertiary/aromatic N) is 3. The van der Waals surface area contributed by atoms with Crippen molar-refractivity contribution in [2.24, 2.45) is 0 Å². The van der Waals surface area contributed by atoms with Crippen molar-refractivity contribution in [1.29, 1.82) is 0 Å². The number of carbonyl (C=O) groups excluding carboxylic acids is 2. The van der Waals surface area contributed by atoms with Crippen LogP contribution in [0.1, 0.15) is 38.6 Å². The van der Waals surface area contributed by atoms with Crippen LogP contribution in [0.15, 0.2) is 47.8 Å². The Morgan fingerprint density at radius 1 is 1.13 bits per heavy atom. The number of benzene rings is 1. The first-order valence-corrected chi connectivity index (χ1v) is 12.3. The fourth-order valence-corrected chi connectivity index (χ4v) is 6.02. The van der Waals surface area contributed by atoms with Crippen LogP contribution in [0.25, 0.3) is 0 Å². The molecule has 160 valence electrons. The molecule has 0 aliphatic carbocycles. The van der Waals surface area contributed by atoms with Gasteiger partial charge < -0.3 is 10.2 Å². The molecule has 1 unspecified atom stereocenters. The van der Waals surface area contributed by atoms with Crippen LogP contribution in [-0.4, -0.2) is 45.7 Å². The van der Waals surface area contributed by atoms with Gasteiger partial charge in [0.05, 0.1) is 10.6 Å². The van der Waals surface area contributed by atoms with Gasteiger partial charge in [-0.3, -0.25) is 14.5 Å². The molecule has 2 aromatic heterocycles. The highest BCUT2D eigenvalue weighted by molar-refractivity contribution is 7.15. The SMILES string of the molecule is O=C(Nc1nc2c(s1)CN(Cc1ccccc1)CC2)C1CCCN1C(=O)c1cccs1. The Morgan fingerprint density at radius 3 is 2.81 bits per heavy atom. The van der Waals surface area contributed by atoms with Crippen LogP contribution in [0.2, 0.25) is 0 Å². The molecule has 0 spiro atoms. The van der Waals surface area contributed by atoms with Crippen molar-refractivity contribution in [1.82, 2.24) is 14.8 Å². The second-order valence-electron chi connectivity index (χ2n) is 7.96. The van der Waals surface area contributed by atoms with Gasteiger partial charge in [-0.1, -0.05) is 36.4 Å². The van der Waals surface area contributed by atoms with E-state index < -0.39 is 6.04 Å². The molecule has 4 heterocycles. The van der Waals surface area contributed by atoms with Crippen LogP contribution >= 0.6 is 22.7 Å². The van der Waals surface area contributed by atoms with Gasteiger partial charge in [-0.2, -0.15) is 0 Å². The van der Waals surface area contributed by atoms with E-state index in [4.69, 9.17) is 0 Å². The molecule has 3 aromatic rings. The van der Waals surface area contributed by atoms with Crippen LogP contribution in [0.4, 0.5) is 5.13 Å². The molecule has 6 nitrogen and oxygen atoms in total. The van der Waals surface area contributed by atoms with E-state index in [0.29, 0.717) is 23.0 Å². The summed E-state index contributed by atoms with van der Waals surface area (Å²) in [5, 5.41) is 5.53. The third-order valence-corrected chi connectivity index (χ3v) is 7.69. The summed E-state index contributed by atoms with van der Waals surface area (Å²) in [6.45, 7) is 3.36. The van der Waals surface area contributed by atoms with Gasteiger partial charge in [-0.15, -0.1) is 22.7 Å². The van der Waals surface area contributed by atoms with Gasteiger partial charge in [0.15, 0.2) is 5.13 Å². The molecule has 2 aliphatic heterocycles. The maximum Gasteiger partial charge on any atom is 0.264 e. The van der Waals surface area contributed by atoms with Gasteiger partial charge in [0.2, 0.25) is 5.91 Å². The lowest BCUT2D eigenvalue weighted by atomic mass is 10.1. The quantitative estimate of drug-likeness (QED) is 0.635. The molecule has 2 aliphatic rings. The second-order valence-corrected chi connectivity index (χ2v) is 9.99. The van der Waals surface area contributed by atoms with Gasteiger partial charge in [0, 0.05) is 37.5 Å². The zero-order chi connectivity index (χ0) is 21.2. The zero-order valence-electron chi connectivity index (χ0n) is 17.1. The first-order chi connectivity index (χ1) is 15.2. The standard InChI is InChI=1S/C23H24N4O2S2/c28-21(18-8-4-11-27(18)22(29)19-9-5-13-30-19)25-23-24-17-10-12-26(15-20(17)31-23)14-16-6-2-1-3-7-16/h1-3,5-7,9,13,18H,4,8,10-12,14-15H2,(H,24,25,28). The van der Waals surface area contributed by atoms with E-state index in [-0.39, 0.29) is 11.8 Å². The maximum atomic E-state index is 13.0. The fraction of sp³-hybridized carbons (Fsp3) is 0.348. The fourth-order valence-electron chi connectivity index (χ4n) is 4.29. The molecular formula is C23H24N4O2S2. The lowest BCUT2D eigenvalue weighted by Gasteiger charge is -2.25. The normalized spacial score (nSPS) is 18.7. The van der Waals surface area contributed by atoms with E-state index in [1.165, 1.54) is 21.8 Å². The van der Waals surface area contributed by atoms with Crippen LogP contribution in [0, 0.1) is 0 Å². The molecule has 5 rings (SSSR count). The predicted molar refractivity (Wildman–Crippen MR) is 123 cm³/mol. The summed E-state index contributed by atoms with van der Waals surface area (Å²) in [6, 6.07) is 13.7.